The van der Waals surface area contributed by atoms with Gasteiger partial charge in [-0.15, -0.1) is 0 Å². The maximum Gasteiger partial charge on any atom is 0.460 e. The molecule has 0 heterocycles. The van der Waals surface area contributed by atoms with Crippen LogP contribution in [0.25, 0.3) is 0 Å². The average molecular weight is 300 g/mol. The third kappa shape index (κ3) is 2.09. The van der Waals surface area contributed by atoms with E-state index in [9.17, 15) is 52.7 Å². The van der Waals surface area contributed by atoms with Crippen LogP contribution in [0.3, 0.4) is 0 Å². The van der Waals surface area contributed by atoms with Crippen molar-refractivity contribution < 1.29 is 52.7 Å². The van der Waals surface area contributed by atoms with Gasteiger partial charge in [0, 0.05) is 0 Å². The Bertz CT molecular complexity index is 298. The Balaban J connectivity index is 5.80. The monoisotopic (exact) mass is 300 g/mol. The van der Waals surface area contributed by atoms with Gasteiger partial charge in [-0.3, -0.25) is 0 Å². The molecular weight excluding hydrogens is 300 g/mol. The van der Waals surface area contributed by atoms with Gasteiger partial charge in [0.2, 0.25) is 0 Å². The first-order chi connectivity index (χ1) is 7.56. The quantitative estimate of drug-likeness (QED) is 0.686. The maximum absolute atomic E-state index is 12.3. The molecule has 0 saturated heterocycles. The van der Waals surface area contributed by atoms with Crippen LogP contribution in [0.4, 0.5) is 52.7 Å². The summed E-state index contributed by atoms with van der Waals surface area (Å²) >= 11 is 0. The van der Waals surface area contributed by atoms with E-state index in [0.29, 0.717) is 0 Å². The number of alkyl halides is 11. The summed E-state index contributed by atoms with van der Waals surface area (Å²) < 4.78 is 142. The fourth-order valence-electron chi connectivity index (χ4n) is 0.632. The first-order valence-corrected chi connectivity index (χ1v) is 3.52. The molecule has 0 aliphatic heterocycles. The highest BCUT2D eigenvalue weighted by atomic mass is 19.4. The van der Waals surface area contributed by atoms with Gasteiger partial charge < -0.3 is 0 Å². The molecule has 0 rings (SSSR count). The third-order valence-corrected chi connectivity index (χ3v) is 1.66. The van der Waals surface area contributed by atoms with E-state index in [2.05, 4.69) is 0 Å². The van der Waals surface area contributed by atoms with Crippen LogP contribution in [-0.4, -0.2) is 29.9 Å². The molecule has 0 spiro atoms. The molecule has 0 atom stereocenters. The lowest BCUT2D eigenvalue weighted by molar-refractivity contribution is -0.419. The van der Waals surface area contributed by atoms with E-state index in [-0.39, 0.29) is 0 Å². The van der Waals surface area contributed by atoms with E-state index in [1.165, 1.54) is 0 Å². The Morgan fingerprint density at radius 2 is 0.833 bits per heavy atom. The predicted molar refractivity (Wildman–Crippen MR) is 30.2 cm³/mol. The van der Waals surface area contributed by atoms with Crippen LogP contribution in [0.2, 0.25) is 0 Å². The number of rotatable bonds is 4. The topological polar surface area (TPSA) is 0 Å². The van der Waals surface area contributed by atoms with Crippen molar-refractivity contribution in [3.8, 4) is 0 Å². The molecule has 0 aromatic rings. The van der Waals surface area contributed by atoms with Gasteiger partial charge in [0.1, 0.15) is 0 Å². The van der Waals surface area contributed by atoms with Gasteiger partial charge in [0.25, 0.3) is 6.67 Å². The molecule has 12 heteroatoms. The van der Waals surface area contributed by atoms with Crippen LogP contribution in [0, 0.1) is 6.67 Å². The second-order valence-electron chi connectivity index (χ2n) is 2.89. The Hall–Kier alpha value is -0.840. The summed E-state index contributed by atoms with van der Waals surface area (Å²) in [7, 11) is 0. The highest BCUT2D eigenvalue weighted by Crippen LogP contribution is 2.57. The molecule has 0 aliphatic carbocycles. The molecule has 2 radical (unpaired) electrons. The van der Waals surface area contributed by atoms with Crippen molar-refractivity contribution in [2.24, 2.45) is 0 Å². The third-order valence-electron chi connectivity index (χ3n) is 1.66. The summed E-state index contributed by atoms with van der Waals surface area (Å²) in [4.78, 5) is 0. The number of hydrogen-bond donors (Lipinski definition) is 0. The summed E-state index contributed by atoms with van der Waals surface area (Å²) in [6.07, 6.45) is -7.24. The summed E-state index contributed by atoms with van der Waals surface area (Å²) in [6.45, 7) is -1.25. The van der Waals surface area contributed by atoms with Gasteiger partial charge in [0.15, 0.2) is 0 Å². The van der Waals surface area contributed by atoms with E-state index < -0.39 is 36.5 Å². The molecule has 0 fully saturated rings. The summed E-state index contributed by atoms with van der Waals surface area (Å²) in [5.74, 6) is -29.1. The molecule has 18 heavy (non-hydrogen) atoms. The zero-order valence-electron chi connectivity index (χ0n) is 7.54. The van der Waals surface area contributed by atoms with E-state index in [0.717, 1.165) is 0 Å². The van der Waals surface area contributed by atoms with Gasteiger partial charge in [-0.1, -0.05) is 0 Å². The lowest BCUT2D eigenvalue weighted by Crippen LogP contribution is -2.66. The van der Waals surface area contributed by atoms with Crippen molar-refractivity contribution in [3.05, 3.63) is 6.67 Å². The minimum absolute atomic E-state index is 1.25. The van der Waals surface area contributed by atoms with Gasteiger partial charge in [-0.25, -0.2) is 4.39 Å². The molecule has 0 aliphatic rings. The minimum atomic E-state index is -7.58. The van der Waals surface area contributed by atoms with Crippen LogP contribution in [0.1, 0.15) is 0 Å². The summed E-state index contributed by atoms with van der Waals surface area (Å²) in [5.41, 5.74) is 0. The second-order valence-corrected chi connectivity index (χ2v) is 2.89. The number of halogens is 12. The predicted octanol–water partition coefficient (Wildman–Crippen LogP) is 4.10. The Morgan fingerprint density at radius 1 is 0.500 bits per heavy atom. The van der Waals surface area contributed by atoms with Gasteiger partial charge in [0.05, 0.1) is 0 Å². The van der Waals surface area contributed by atoms with E-state index in [1.54, 1.807) is 0 Å². The largest absolute Gasteiger partial charge is 0.460 e. The summed E-state index contributed by atoms with van der Waals surface area (Å²) in [5, 5.41) is 0. The van der Waals surface area contributed by atoms with Crippen molar-refractivity contribution >= 4 is 0 Å². The lowest BCUT2D eigenvalue weighted by Gasteiger charge is -2.35. The molecule has 108 valence electrons. The molecule has 0 unspecified atom stereocenters. The maximum atomic E-state index is 12.3. The summed E-state index contributed by atoms with van der Waals surface area (Å²) in [6, 6.07) is 0. The van der Waals surface area contributed by atoms with Crippen LogP contribution >= 0.6 is 0 Å². The first kappa shape index (κ1) is 17.2. The SMILES string of the molecule is F[C]C(F)(F)C(F)(F)C(F)(F)C(F)(F)C(F)(F)F. The minimum Gasteiger partial charge on any atom is -0.229 e. The first-order valence-electron chi connectivity index (χ1n) is 3.52. The van der Waals surface area contributed by atoms with Crippen LogP contribution in [0.5, 0.6) is 0 Å². The number of hydrogen-bond acceptors (Lipinski definition) is 0. The second kappa shape index (κ2) is 4.08. The van der Waals surface area contributed by atoms with E-state index >= 15 is 0 Å². The van der Waals surface area contributed by atoms with Crippen molar-refractivity contribution in [2.45, 2.75) is 29.9 Å². The zero-order chi connectivity index (χ0) is 15.2. The lowest BCUT2D eigenvalue weighted by atomic mass is 9.99. The fraction of sp³-hybridized carbons (Fsp3) is 0.833. The van der Waals surface area contributed by atoms with Crippen molar-refractivity contribution in [1.29, 1.82) is 0 Å². The Morgan fingerprint density at radius 3 is 1.06 bits per heavy atom. The van der Waals surface area contributed by atoms with Crippen LogP contribution in [-0.2, 0) is 0 Å². The van der Waals surface area contributed by atoms with E-state index in [4.69, 9.17) is 0 Å². The highest BCUT2D eigenvalue weighted by Gasteiger charge is 2.87. The molecule has 0 saturated carbocycles. The van der Waals surface area contributed by atoms with Crippen LogP contribution < -0.4 is 0 Å². The standard InChI is InChI=1S/C6F12/c7-1-2(8,9)3(10,11)4(12,13)5(14,15)6(16,17)18. The normalized spacial score (nSPS) is 16.0. The zero-order valence-corrected chi connectivity index (χ0v) is 7.54. The molecule has 0 N–H and O–H groups in total. The van der Waals surface area contributed by atoms with Crippen LogP contribution in [0.15, 0.2) is 0 Å². The Kier molecular flexibility index (Phi) is 3.89. The average Bonchev–Trinajstić information content (AvgIpc) is 2.15. The smallest absolute Gasteiger partial charge is 0.229 e. The molecule has 0 amide bonds. The Labute approximate surface area is 90.6 Å². The molecule has 0 nitrogen and oxygen atoms in total. The van der Waals surface area contributed by atoms with Crippen molar-refractivity contribution in [3.63, 3.8) is 0 Å². The van der Waals surface area contributed by atoms with Crippen molar-refractivity contribution in [1.82, 2.24) is 0 Å². The van der Waals surface area contributed by atoms with Gasteiger partial charge in [-0.2, -0.15) is 48.3 Å². The molecule has 0 aromatic heterocycles. The molecular formula is C6F12. The fourth-order valence-corrected chi connectivity index (χ4v) is 0.632. The molecule has 0 bridgehead atoms. The van der Waals surface area contributed by atoms with Gasteiger partial charge >= 0.3 is 29.9 Å². The van der Waals surface area contributed by atoms with Crippen molar-refractivity contribution in [2.75, 3.05) is 0 Å². The molecule has 0 aromatic carbocycles. The highest BCUT2D eigenvalue weighted by molar-refractivity contribution is 5.08. The van der Waals surface area contributed by atoms with E-state index in [1.807, 2.05) is 0 Å². The van der Waals surface area contributed by atoms with Gasteiger partial charge in [-0.05, 0) is 0 Å².